The molecule has 0 bridgehead atoms. The molecule has 23 heavy (non-hydrogen) atoms. The second-order valence-corrected chi connectivity index (χ2v) is 5.30. The van der Waals surface area contributed by atoms with E-state index in [0.717, 1.165) is 0 Å². The van der Waals surface area contributed by atoms with Crippen molar-refractivity contribution in [2.24, 2.45) is 0 Å². The maximum Gasteiger partial charge on any atom is 0.371 e. The Morgan fingerprint density at radius 1 is 1.26 bits per heavy atom. The first-order valence-electron chi connectivity index (χ1n) is 6.99. The molecule has 2 aromatic rings. The molecule has 1 amide bonds. The molecule has 5 nitrogen and oxygen atoms in total. The molecule has 2 rings (SSSR count). The lowest BCUT2D eigenvalue weighted by Gasteiger charge is -2.22. The lowest BCUT2D eigenvalue weighted by Crippen LogP contribution is -2.31. The van der Waals surface area contributed by atoms with Crippen LogP contribution in [0.4, 0.5) is 4.39 Å². The van der Waals surface area contributed by atoms with Crippen molar-refractivity contribution in [3.05, 3.63) is 58.3 Å². The number of carboxylic acids is 1. The van der Waals surface area contributed by atoms with E-state index < -0.39 is 17.7 Å². The SMILES string of the molecule is CCCN(Cc1c(F)cccc1Cl)C(=O)c1ccc(C(=O)O)o1. The maximum atomic E-state index is 13.9. The number of aromatic carboxylic acids is 1. The number of amides is 1. The summed E-state index contributed by atoms with van der Waals surface area (Å²) >= 11 is 5.99. The third-order valence-corrected chi connectivity index (χ3v) is 3.57. The number of carbonyl (C=O) groups is 2. The number of benzene rings is 1. The van der Waals surface area contributed by atoms with E-state index in [-0.39, 0.29) is 28.7 Å². The van der Waals surface area contributed by atoms with Crippen molar-refractivity contribution in [1.29, 1.82) is 0 Å². The molecular weight excluding hydrogens is 325 g/mol. The van der Waals surface area contributed by atoms with Gasteiger partial charge in [-0.3, -0.25) is 4.79 Å². The lowest BCUT2D eigenvalue weighted by molar-refractivity contribution is 0.0647. The zero-order valence-electron chi connectivity index (χ0n) is 12.4. The molecule has 0 radical (unpaired) electrons. The van der Waals surface area contributed by atoms with Gasteiger partial charge < -0.3 is 14.4 Å². The van der Waals surface area contributed by atoms with Gasteiger partial charge in [-0.1, -0.05) is 24.6 Å². The molecule has 0 aliphatic carbocycles. The van der Waals surface area contributed by atoms with Gasteiger partial charge in [-0.05, 0) is 30.7 Å². The molecule has 0 saturated carbocycles. The largest absolute Gasteiger partial charge is 0.475 e. The Bertz CT molecular complexity index is 708. The van der Waals surface area contributed by atoms with Crippen LogP contribution < -0.4 is 0 Å². The van der Waals surface area contributed by atoms with Crippen molar-refractivity contribution < 1.29 is 23.5 Å². The second kappa shape index (κ2) is 7.28. The first kappa shape index (κ1) is 17.0. The summed E-state index contributed by atoms with van der Waals surface area (Å²) in [6.45, 7) is 2.20. The monoisotopic (exact) mass is 339 g/mol. The quantitative estimate of drug-likeness (QED) is 0.868. The van der Waals surface area contributed by atoms with Gasteiger partial charge in [0.1, 0.15) is 5.82 Å². The third-order valence-electron chi connectivity index (χ3n) is 3.22. The molecular formula is C16H15ClFNO4. The average Bonchev–Trinajstić information content (AvgIpc) is 2.99. The molecule has 0 aliphatic rings. The molecule has 0 unspecified atom stereocenters. The number of nitrogens with zero attached hydrogens (tertiary/aromatic N) is 1. The van der Waals surface area contributed by atoms with Gasteiger partial charge in [0.15, 0.2) is 5.76 Å². The summed E-state index contributed by atoms with van der Waals surface area (Å²) in [5, 5.41) is 9.07. The smallest absolute Gasteiger partial charge is 0.371 e. The predicted octanol–water partition coefficient (Wildman–Crippen LogP) is 3.82. The summed E-state index contributed by atoms with van der Waals surface area (Å²) in [6, 6.07) is 6.79. The molecule has 0 atom stereocenters. The van der Waals surface area contributed by atoms with Crippen molar-refractivity contribution >= 4 is 23.5 Å². The Morgan fingerprint density at radius 3 is 2.52 bits per heavy atom. The van der Waals surface area contributed by atoms with E-state index in [9.17, 15) is 14.0 Å². The number of carbonyl (C=O) groups excluding carboxylic acids is 1. The first-order valence-corrected chi connectivity index (χ1v) is 7.37. The molecule has 0 spiro atoms. The molecule has 1 aromatic heterocycles. The highest BCUT2D eigenvalue weighted by Crippen LogP contribution is 2.22. The highest BCUT2D eigenvalue weighted by atomic mass is 35.5. The third kappa shape index (κ3) is 3.90. The molecule has 0 aliphatic heterocycles. The summed E-state index contributed by atoms with van der Waals surface area (Å²) in [7, 11) is 0. The topological polar surface area (TPSA) is 70.8 Å². The highest BCUT2D eigenvalue weighted by Gasteiger charge is 2.22. The molecule has 1 aromatic carbocycles. The van der Waals surface area contributed by atoms with Gasteiger partial charge in [0, 0.05) is 17.1 Å². The van der Waals surface area contributed by atoms with Gasteiger partial charge in [-0.2, -0.15) is 0 Å². The Balaban J connectivity index is 2.26. The number of furan rings is 1. The first-order chi connectivity index (χ1) is 10.9. The van der Waals surface area contributed by atoms with E-state index in [1.165, 1.54) is 29.2 Å². The van der Waals surface area contributed by atoms with E-state index in [1.54, 1.807) is 6.07 Å². The molecule has 0 fully saturated rings. The minimum absolute atomic E-state index is 0.0265. The van der Waals surface area contributed by atoms with Crippen molar-refractivity contribution in [3.63, 3.8) is 0 Å². The summed E-state index contributed by atoms with van der Waals surface area (Å²) in [4.78, 5) is 24.7. The van der Waals surface area contributed by atoms with Gasteiger partial charge in [0.25, 0.3) is 5.91 Å². The lowest BCUT2D eigenvalue weighted by atomic mass is 10.2. The van der Waals surface area contributed by atoms with E-state index in [0.29, 0.717) is 13.0 Å². The van der Waals surface area contributed by atoms with Crippen molar-refractivity contribution in [1.82, 2.24) is 4.90 Å². The Labute approximate surface area is 137 Å². The van der Waals surface area contributed by atoms with Crippen LogP contribution in [0.1, 0.15) is 40.0 Å². The van der Waals surface area contributed by atoms with Crippen LogP contribution in [-0.2, 0) is 6.54 Å². The van der Waals surface area contributed by atoms with Crippen LogP contribution in [0.2, 0.25) is 5.02 Å². The average molecular weight is 340 g/mol. The standard InChI is InChI=1S/C16H15ClFNO4/c1-2-8-19(9-10-11(17)4-3-5-12(10)18)15(20)13-6-7-14(23-13)16(21)22/h3-7H,2,8-9H2,1H3,(H,21,22). The fourth-order valence-electron chi connectivity index (χ4n) is 2.12. The van der Waals surface area contributed by atoms with Gasteiger partial charge in [0.2, 0.25) is 5.76 Å². The van der Waals surface area contributed by atoms with Crippen molar-refractivity contribution in [2.75, 3.05) is 6.54 Å². The summed E-state index contributed by atoms with van der Waals surface area (Å²) in [5.74, 6) is -2.71. The van der Waals surface area contributed by atoms with Gasteiger partial charge in [-0.25, -0.2) is 9.18 Å². The number of carboxylic acid groups (broad SMARTS) is 1. The number of rotatable bonds is 6. The molecule has 122 valence electrons. The van der Waals surface area contributed by atoms with Crippen LogP contribution >= 0.6 is 11.6 Å². The summed E-state index contributed by atoms with van der Waals surface area (Å²) < 4.78 is 18.9. The minimum atomic E-state index is -1.26. The van der Waals surface area contributed by atoms with Crippen LogP contribution in [0.3, 0.4) is 0 Å². The Kier molecular flexibility index (Phi) is 5.39. The van der Waals surface area contributed by atoms with Crippen molar-refractivity contribution in [2.45, 2.75) is 19.9 Å². The molecule has 0 saturated heterocycles. The normalized spacial score (nSPS) is 10.6. The Hall–Kier alpha value is -2.34. The predicted molar refractivity (Wildman–Crippen MR) is 82.1 cm³/mol. The molecule has 7 heteroatoms. The zero-order chi connectivity index (χ0) is 17.0. The van der Waals surface area contributed by atoms with E-state index in [4.69, 9.17) is 21.1 Å². The van der Waals surface area contributed by atoms with Crippen LogP contribution in [-0.4, -0.2) is 28.4 Å². The minimum Gasteiger partial charge on any atom is -0.475 e. The van der Waals surface area contributed by atoms with E-state index in [2.05, 4.69) is 0 Å². The van der Waals surface area contributed by atoms with Crippen molar-refractivity contribution in [3.8, 4) is 0 Å². The zero-order valence-corrected chi connectivity index (χ0v) is 13.1. The van der Waals surface area contributed by atoms with Crippen LogP contribution in [0, 0.1) is 5.82 Å². The summed E-state index contributed by atoms with van der Waals surface area (Å²) in [6.07, 6.45) is 0.643. The van der Waals surface area contributed by atoms with E-state index in [1.807, 2.05) is 6.92 Å². The van der Waals surface area contributed by atoms with Gasteiger partial charge >= 0.3 is 5.97 Å². The second-order valence-electron chi connectivity index (χ2n) is 4.90. The number of hydrogen-bond acceptors (Lipinski definition) is 3. The van der Waals surface area contributed by atoms with E-state index >= 15 is 0 Å². The molecule has 1 N–H and O–H groups in total. The van der Waals surface area contributed by atoms with Crippen LogP contribution in [0.25, 0.3) is 0 Å². The van der Waals surface area contributed by atoms with Gasteiger partial charge in [-0.15, -0.1) is 0 Å². The molecule has 1 heterocycles. The fraction of sp³-hybridized carbons (Fsp3) is 0.250. The van der Waals surface area contributed by atoms with Gasteiger partial charge in [0.05, 0.1) is 6.54 Å². The highest BCUT2D eigenvalue weighted by molar-refractivity contribution is 6.31. The van der Waals surface area contributed by atoms with Crippen LogP contribution in [0.15, 0.2) is 34.7 Å². The van der Waals surface area contributed by atoms with Crippen LogP contribution in [0.5, 0.6) is 0 Å². The number of halogens is 2. The summed E-state index contributed by atoms with van der Waals surface area (Å²) in [5.41, 5.74) is 0.209. The number of hydrogen-bond donors (Lipinski definition) is 1. The Morgan fingerprint density at radius 2 is 1.96 bits per heavy atom. The maximum absolute atomic E-state index is 13.9. The fourth-order valence-corrected chi connectivity index (χ4v) is 2.34.